The molecule has 0 heterocycles. The van der Waals surface area contributed by atoms with Crippen molar-refractivity contribution in [2.75, 3.05) is 0 Å². The normalized spacial score (nSPS) is 18.3. The molecule has 0 unspecified atom stereocenters. The summed E-state index contributed by atoms with van der Waals surface area (Å²) in [6, 6.07) is 0. The number of nitrogens with zero attached hydrogens (tertiary/aromatic N) is 1. The second kappa shape index (κ2) is 2.62. The van der Waals surface area contributed by atoms with Gasteiger partial charge < -0.3 is 0 Å². The molecule has 0 N–H and O–H groups in total. The predicted octanol–water partition coefficient (Wildman–Crippen LogP) is 2.31. The Morgan fingerprint density at radius 3 is 2.67 bits per heavy atom. The van der Waals surface area contributed by atoms with Crippen LogP contribution in [0.2, 0.25) is 0 Å². The minimum Gasteiger partial charge on any atom is -0.269 e. The first-order chi connectivity index (χ1) is 4.33. The Labute approximate surface area is 55.8 Å². The van der Waals surface area contributed by atoms with Crippen molar-refractivity contribution in [3.63, 3.8) is 0 Å². The van der Waals surface area contributed by atoms with E-state index in [0.717, 1.165) is 18.5 Å². The van der Waals surface area contributed by atoms with Gasteiger partial charge in [-0.2, -0.15) is 0 Å². The van der Waals surface area contributed by atoms with Crippen molar-refractivity contribution in [1.82, 2.24) is 0 Å². The largest absolute Gasteiger partial charge is 0.269 e. The molecule has 0 bridgehead atoms. The molecule has 0 spiro atoms. The molecular formula is C8H11N. The van der Waals surface area contributed by atoms with Crippen molar-refractivity contribution in [1.29, 1.82) is 0 Å². The van der Waals surface area contributed by atoms with Crippen LogP contribution in [0.15, 0.2) is 28.4 Å². The van der Waals surface area contributed by atoms with E-state index in [2.05, 4.69) is 24.7 Å². The van der Waals surface area contributed by atoms with Crippen LogP contribution in [-0.2, 0) is 0 Å². The van der Waals surface area contributed by atoms with E-state index in [4.69, 9.17) is 0 Å². The van der Waals surface area contributed by atoms with Crippen LogP contribution in [0.1, 0.15) is 19.8 Å². The zero-order chi connectivity index (χ0) is 6.69. The van der Waals surface area contributed by atoms with Crippen LogP contribution in [0, 0.1) is 0 Å². The maximum absolute atomic E-state index is 3.85. The second-order valence-corrected chi connectivity index (χ2v) is 2.33. The fourth-order valence-corrected chi connectivity index (χ4v) is 0.862. The molecule has 1 nitrogen and oxygen atoms in total. The summed E-state index contributed by atoms with van der Waals surface area (Å²) in [4.78, 5) is 3.85. The van der Waals surface area contributed by atoms with E-state index in [9.17, 15) is 0 Å². The van der Waals surface area contributed by atoms with Gasteiger partial charge >= 0.3 is 0 Å². The third kappa shape index (κ3) is 1.53. The van der Waals surface area contributed by atoms with Crippen LogP contribution in [0.4, 0.5) is 0 Å². The average molecular weight is 121 g/mol. The first kappa shape index (κ1) is 6.27. The summed E-state index contributed by atoms with van der Waals surface area (Å²) in [5, 5.41) is 0. The summed E-state index contributed by atoms with van der Waals surface area (Å²) in [7, 11) is 0. The van der Waals surface area contributed by atoms with E-state index in [-0.39, 0.29) is 0 Å². The molecule has 0 saturated heterocycles. The monoisotopic (exact) mass is 121 g/mol. The topological polar surface area (TPSA) is 12.4 Å². The first-order valence-corrected chi connectivity index (χ1v) is 3.16. The number of allylic oxidation sites excluding steroid dienone is 4. The Bertz CT molecular complexity index is 175. The molecule has 9 heavy (non-hydrogen) atoms. The molecule has 0 amide bonds. The summed E-state index contributed by atoms with van der Waals surface area (Å²) in [5.41, 5.74) is 2.54. The first-order valence-electron chi connectivity index (χ1n) is 3.16. The van der Waals surface area contributed by atoms with E-state index in [1.807, 2.05) is 6.08 Å². The predicted molar refractivity (Wildman–Crippen MR) is 40.6 cm³/mol. The molecule has 1 rings (SSSR count). The SMILES string of the molecule is C=NC1=CC=C(C)CC1. The summed E-state index contributed by atoms with van der Waals surface area (Å²) in [6.45, 7) is 5.60. The highest BCUT2D eigenvalue weighted by molar-refractivity contribution is 5.32. The van der Waals surface area contributed by atoms with E-state index in [1.165, 1.54) is 5.57 Å². The maximum atomic E-state index is 3.85. The minimum absolute atomic E-state index is 1.06. The van der Waals surface area contributed by atoms with E-state index >= 15 is 0 Å². The summed E-state index contributed by atoms with van der Waals surface area (Å²) in [6.07, 6.45) is 6.34. The van der Waals surface area contributed by atoms with Crippen LogP contribution < -0.4 is 0 Å². The molecule has 0 atom stereocenters. The zero-order valence-electron chi connectivity index (χ0n) is 5.72. The van der Waals surface area contributed by atoms with Gasteiger partial charge in [0.25, 0.3) is 0 Å². The molecule has 0 aromatic carbocycles. The van der Waals surface area contributed by atoms with Gasteiger partial charge in [-0.05, 0) is 32.6 Å². The smallest absolute Gasteiger partial charge is 0.0399 e. The van der Waals surface area contributed by atoms with Crippen LogP contribution in [0.25, 0.3) is 0 Å². The van der Waals surface area contributed by atoms with Gasteiger partial charge in [0.05, 0.1) is 0 Å². The van der Waals surface area contributed by atoms with Crippen LogP contribution >= 0.6 is 0 Å². The standard InChI is InChI=1S/C8H11N/c1-7-3-5-8(9-2)6-4-7/h3,5H,2,4,6H2,1H3. The van der Waals surface area contributed by atoms with Crippen molar-refractivity contribution in [3.05, 3.63) is 23.4 Å². The van der Waals surface area contributed by atoms with Crippen molar-refractivity contribution in [3.8, 4) is 0 Å². The molecule has 0 aliphatic heterocycles. The van der Waals surface area contributed by atoms with E-state index < -0.39 is 0 Å². The molecule has 0 saturated carbocycles. The minimum atomic E-state index is 1.06. The van der Waals surface area contributed by atoms with E-state index in [1.54, 1.807) is 0 Å². The molecule has 1 aliphatic rings. The van der Waals surface area contributed by atoms with Gasteiger partial charge in [-0.1, -0.05) is 11.6 Å². The highest BCUT2D eigenvalue weighted by Crippen LogP contribution is 2.17. The zero-order valence-corrected chi connectivity index (χ0v) is 5.72. The van der Waals surface area contributed by atoms with Crippen LogP contribution in [0.5, 0.6) is 0 Å². The molecule has 1 aliphatic carbocycles. The van der Waals surface area contributed by atoms with Crippen LogP contribution in [-0.4, -0.2) is 6.72 Å². The maximum Gasteiger partial charge on any atom is 0.0399 e. The molecule has 1 heteroatoms. The number of rotatable bonds is 1. The third-order valence-electron chi connectivity index (χ3n) is 1.54. The molecule has 0 fully saturated rings. The Morgan fingerprint density at radius 1 is 1.44 bits per heavy atom. The molecule has 0 aromatic heterocycles. The van der Waals surface area contributed by atoms with Gasteiger partial charge in [-0.3, -0.25) is 4.99 Å². The van der Waals surface area contributed by atoms with Gasteiger partial charge in [0, 0.05) is 5.70 Å². The lowest BCUT2D eigenvalue weighted by Crippen LogP contribution is -1.86. The third-order valence-corrected chi connectivity index (χ3v) is 1.54. The highest BCUT2D eigenvalue weighted by Gasteiger charge is 1.98. The summed E-state index contributed by atoms with van der Waals surface area (Å²) < 4.78 is 0. The number of hydrogen-bond donors (Lipinski definition) is 0. The van der Waals surface area contributed by atoms with Gasteiger partial charge in [0.2, 0.25) is 0 Å². The van der Waals surface area contributed by atoms with Gasteiger partial charge in [-0.25, -0.2) is 0 Å². The molecular weight excluding hydrogens is 110 g/mol. The van der Waals surface area contributed by atoms with E-state index in [0.29, 0.717) is 0 Å². The Hall–Kier alpha value is -0.850. The summed E-state index contributed by atoms with van der Waals surface area (Å²) in [5.74, 6) is 0. The lowest BCUT2D eigenvalue weighted by molar-refractivity contribution is 0.895. The quantitative estimate of drug-likeness (QED) is 0.472. The lowest BCUT2D eigenvalue weighted by atomic mass is 10.0. The highest BCUT2D eigenvalue weighted by atomic mass is 14.7. The van der Waals surface area contributed by atoms with Crippen molar-refractivity contribution in [2.45, 2.75) is 19.8 Å². The molecule has 0 radical (unpaired) electrons. The van der Waals surface area contributed by atoms with Gasteiger partial charge in [0.15, 0.2) is 0 Å². The average Bonchev–Trinajstić information content (AvgIpc) is 1.90. The molecule has 48 valence electrons. The van der Waals surface area contributed by atoms with Crippen molar-refractivity contribution >= 4 is 6.72 Å². The van der Waals surface area contributed by atoms with Crippen molar-refractivity contribution in [2.24, 2.45) is 4.99 Å². The fourth-order valence-electron chi connectivity index (χ4n) is 0.862. The molecule has 0 aromatic rings. The fraction of sp³-hybridized carbons (Fsp3) is 0.375. The van der Waals surface area contributed by atoms with Crippen LogP contribution in [0.3, 0.4) is 0 Å². The Kier molecular flexibility index (Phi) is 1.83. The van der Waals surface area contributed by atoms with Gasteiger partial charge in [0.1, 0.15) is 0 Å². The summed E-state index contributed by atoms with van der Waals surface area (Å²) >= 11 is 0. The van der Waals surface area contributed by atoms with Gasteiger partial charge in [-0.15, -0.1) is 0 Å². The Morgan fingerprint density at radius 2 is 2.22 bits per heavy atom. The Balaban J connectivity index is 2.69. The number of aliphatic imine (C=N–C) groups is 1. The second-order valence-electron chi connectivity index (χ2n) is 2.33. The van der Waals surface area contributed by atoms with Crippen molar-refractivity contribution < 1.29 is 0 Å². The lowest BCUT2D eigenvalue weighted by Gasteiger charge is -2.05. The number of hydrogen-bond acceptors (Lipinski definition) is 1.